The molecule has 1 aromatic carbocycles. The van der Waals surface area contributed by atoms with Crippen LogP contribution in [0.2, 0.25) is 5.02 Å². The van der Waals surface area contributed by atoms with E-state index >= 15 is 0 Å². The Labute approximate surface area is 117 Å². The Balaban J connectivity index is 1.74. The van der Waals surface area contributed by atoms with Crippen molar-refractivity contribution in [2.24, 2.45) is 0 Å². The van der Waals surface area contributed by atoms with Crippen LogP contribution in [0.25, 0.3) is 0 Å². The minimum Gasteiger partial charge on any atom is -0.364 e. The lowest BCUT2D eigenvalue weighted by molar-refractivity contribution is -0.123. The van der Waals surface area contributed by atoms with E-state index in [1.807, 2.05) is 42.6 Å². The van der Waals surface area contributed by atoms with Crippen molar-refractivity contribution in [3.05, 3.63) is 58.9 Å². The van der Waals surface area contributed by atoms with Crippen LogP contribution in [0, 0.1) is 0 Å². The molecule has 1 aliphatic rings. The third-order valence-corrected chi connectivity index (χ3v) is 4.01. The zero-order chi connectivity index (χ0) is 13.3. The average Bonchev–Trinajstić information content (AvgIpc) is 3.06. The van der Waals surface area contributed by atoms with E-state index in [-0.39, 0.29) is 5.91 Å². The first-order valence-corrected chi connectivity index (χ1v) is 6.76. The molecule has 1 fully saturated rings. The fraction of sp³-hybridized carbons (Fsp3) is 0.267. The molecule has 1 aromatic heterocycles. The van der Waals surface area contributed by atoms with Gasteiger partial charge in [0.1, 0.15) is 0 Å². The van der Waals surface area contributed by atoms with E-state index in [9.17, 15) is 4.79 Å². The van der Waals surface area contributed by atoms with Crippen LogP contribution >= 0.6 is 11.6 Å². The van der Waals surface area contributed by atoms with Crippen molar-refractivity contribution >= 4 is 17.5 Å². The Morgan fingerprint density at radius 3 is 2.68 bits per heavy atom. The summed E-state index contributed by atoms with van der Waals surface area (Å²) in [6.07, 6.45) is 3.59. The van der Waals surface area contributed by atoms with Gasteiger partial charge >= 0.3 is 0 Å². The number of hydrogen-bond acceptors (Lipinski definition) is 1. The molecule has 0 unspecified atom stereocenters. The Hall–Kier alpha value is -1.74. The number of benzene rings is 1. The number of hydrogen-bond donors (Lipinski definition) is 2. The number of aromatic nitrogens is 1. The highest BCUT2D eigenvalue weighted by molar-refractivity contribution is 6.31. The van der Waals surface area contributed by atoms with Crippen molar-refractivity contribution in [2.75, 3.05) is 0 Å². The second-order valence-electron chi connectivity index (χ2n) is 4.94. The third-order valence-electron chi connectivity index (χ3n) is 3.68. The van der Waals surface area contributed by atoms with E-state index in [2.05, 4.69) is 10.3 Å². The minimum atomic E-state index is -0.412. The Bertz CT molecular complexity index is 588. The molecular formula is C15H15ClN2O. The molecule has 1 saturated carbocycles. The van der Waals surface area contributed by atoms with Gasteiger partial charge in [-0.3, -0.25) is 4.79 Å². The largest absolute Gasteiger partial charge is 0.364 e. The number of H-pyrrole nitrogens is 1. The predicted octanol–water partition coefficient (Wildman–Crippen LogP) is 3.02. The van der Waals surface area contributed by atoms with E-state index in [0.29, 0.717) is 11.6 Å². The fourth-order valence-electron chi connectivity index (χ4n) is 2.42. The minimum absolute atomic E-state index is 0.0650. The summed E-state index contributed by atoms with van der Waals surface area (Å²) in [5.74, 6) is 0.0650. The highest BCUT2D eigenvalue weighted by Gasteiger charge is 2.52. The molecule has 0 bridgehead atoms. The van der Waals surface area contributed by atoms with Gasteiger partial charge in [0, 0.05) is 16.9 Å². The van der Waals surface area contributed by atoms with Gasteiger partial charge in [-0.05, 0) is 36.6 Å². The summed E-state index contributed by atoms with van der Waals surface area (Å²) in [5, 5.41) is 3.66. The molecular weight excluding hydrogens is 260 g/mol. The lowest BCUT2D eigenvalue weighted by Crippen LogP contribution is -2.34. The summed E-state index contributed by atoms with van der Waals surface area (Å²) in [4.78, 5) is 15.5. The van der Waals surface area contributed by atoms with Crippen molar-refractivity contribution in [1.29, 1.82) is 0 Å². The van der Waals surface area contributed by atoms with Crippen molar-refractivity contribution in [1.82, 2.24) is 10.3 Å². The fourth-order valence-corrected chi connectivity index (χ4v) is 2.73. The van der Waals surface area contributed by atoms with E-state index in [4.69, 9.17) is 11.6 Å². The smallest absolute Gasteiger partial charge is 0.231 e. The van der Waals surface area contributed by atoms with Gasteiger partial charge < -0.3 is 10.3 Å². The number of nitrogens with one attached hydrogen (secondary N) is 2. The summed E-state index contributed by atoms with van der Waals surface area (Å²) in [6.45, 7) is 0.526. The van der Waals surface area contributed by atoms with Gasteiger partial charge in [-0.25, -0.2) is 0 Å². The maximum Gasteiger partial charge on any atom is 0.231 e. The zero-order valence-electron chi connectivity index (χ0n) is 10.4. The summed E-state index contributed by atoms with van der Waals surface area (Å²) >= 11 is 6.21. The number of carbonyl (C=O) groups excluding carboxylic acids is 1. The molecule has 19 heavy (non-hydrogen) atoms. The standard InChI is InChI=1S/C15H15ClN2O/c16-13-6-2-1-5-12(13)15(7-8-15)14(19)18-10-11-4-3-9-17-11/h1-6,9,17H,7-8,10H2,(H,18,19). The van der Waals surface area contributed by atoms with Gasteiger partial charge in [0.2, 0.25) is 5.91 Å². The number of amides is 1. The zero-order valence-corrected chi connectivity index (χ0v) is 11.2. The van der Waals surface area contributed by atoms with Crippen molar-refractivity contribution in [3.63, 3.8) is 0 Å². The van der Waals surface area contributed by atoms with Crippen LogP contribution in [0.15, 0.2) is 42.6 Å². The molecule has 1 aliphatic carbocycles. The van der Waals surface area contributed by atoms with Crippen LogP contribution < -0.4 is 5.32 Å². The lowest BCUT2D eigenvalue weighted by atomic mass is 9.95. The first kappa shape index (κ1) is 12.3. The average molecular weight is 275 g/mol. The summed E-state index contributed by atoms with van der Waals surface area (Å²) in [5.41, 5.74) is 1.54. The number of carbonyl (C=O) groups is 1. The number of aromatic amines is 1. The molecule has 0 radical (unpaired) electrons. The monoisotopic (exact) mass is 274 g/mol. The van der Waals surface area contributed by atoms with Gasteiger partial charge in [0.05, 0.1) is 12.0 Å². The maximum atomic E-state index is 12.4. The van der Waals surface area contributed by atoms with Crippen LogP contribution in [-0.4, -0.2) is 10.9 Å². The first-order valence-electron chi connectivity index (χ1n) is 6.38. The molecule has 2 N–H and O–H groups in total. The Morgan fingerprint density at radius 2 is 2.05 bits per heavy atom. The van der Waals surface area contributed by atoms with Gasteiger partial charge in [-0.15, -0.1) is 0 Å². The van der Waals surface area contributed by atoms with Crippen LogP contribution in [0.5, 0.6) is 0 Å². The van der Waals surface area contributed by atoms with Crippen molar-refractivity contribution in [3.8, 4) is 0 Å². The molecule has 0 aliphatic heterocycles. The molecule has 4 heteroatoms. The summed E-state index contributed by atoms with van der Waals surface area (Å²) in [6, 6.07) is 11.5. The Kier molecular flexibility index (Phi) is 3.07. The highest BCUT2D eigenvalue weighted by atomic mass is 35.5. The van der Waals surface area contributed by atoms with Crippen molar-refractivity contribution < 1.29 is 4.79 Å². The van der Waals surface area contributed by atoms with E-state index in [0.717, 1.165) is 24.1 Å². The van der Waals surface area contributed by atoms with Gasteiger partial charge in [-0.2, -0.15) is 0 Å². The quantitative estimate of drug-likeness (QED) is 0.884. The molecule has 3 rings (SSSR count). The third kappa shape index (κ3) is 2.26. The van der Waals surface area contributed by atoms with Crippen LogP contribution in [0.3, 0.4) is 0 Å². The second kappa shape index (κ2) is 4.74. The van der Waals surface area contributed by atoms with Crippen LogP contribution in [0.1, 0.15) is 24.1 Å². The number of rotatable bonds is 4. The first-order chi connectivity index (χ1) is 9.22. The predicted molar refractivity (Wildman–Crippen MR) is 75.0 cm³/mol. The van der Waals surface area contributed by atoms with Crippen molar-refractivity contribution in [2.45, 2.75) is 24.8 Å². The molecule has 1 heterocycles. The van der Waals surface area contributed by atoms with Crippen LogP contribution in [0.4, 0.5) is 0 Å². The van der Waals surface area contributed by atoms with Gasteiger partial charge in [0.25, 0.3) is 0 Å². The lowest BCUT2D eigenvalue weighted by Gasteiger charge is -2.16. The molecule has 98 valence electrons. The van der Waals surface area contributed by atoms with Crippen LogP contribution in [-0.2, 0) is 16.8 Å². The normalized spacial score (nSPS) is 16.1. The summed E-state index contributed by atoms with van der Waals surface area (Å²) in [7, 11) is 0. The molecule has 3 nitrogen and oxygen atoms in total. The maximum absolute atomic E-state index is 12.4. The summed E-state index contributed by atoms with van der Waals surface area (Å²) < 4.78 is 0. The highest BCUT2D eigenvalue weighted by Crippen LogP contribution is 2.50. The molecule has 0 spiro atoms. The SMILES string of the molecule is O=C(NCc1ccc[nH]1)C1(c2ccccc2Cl)CC1. The molecule has 2 aromatic rings. The molecule has 0 saturated heterocycles. The second-order valence-corrected chi connectivity index (χ2v) is 5.35. The number of halogens is 1. The topological polar surface area (TPSA) is 44.9 Å². The van der Waals surface area contributed by atoms with E-state index in [1.165, 1.54) is 0 Å². The molecule has 1 amide bonds. The van der Waals surface area contributed by atoms with Gasteiger partial charge in [-0.1, -0.05) is 29.8 Å². The van der Waals surface area contributed by atoms with E-state index < -0.39 is 5.41 Å². The molecule has 0 atom stereocenters. The van der Waals surface area contributed by atoms with Gasteiger partial charge in [0.15, 0.2) is 0 Å². The van der Waals surface area contributed by atoms with E-state index in [1.54, 1.807) is 0 Å². The Morgan fingerprint density at radius 1 is 1.26 bits per heavy atom.